The number of pyridine rings is 1. The van der Waals surface area contributed by atoms with Gasteiger partial charge in [0, 0.05) is 24.2 Å². The maximum Gasteiger partial charge on any atom is 0.254 e. The van der Waals surface area contributed by atoms with Crippen LogP contribution in [0, 0.1) is 0 Å². The van der Waals surface area contributed by atoms with Gasteiger partial charge in [0.2, 0.25) is 5.88 Å². The minimum absolute atomic E-state index is 0.159. The van der Waals surface area contributed by atoms with E-state index in [2.05, 4.69) is 25.6 Å². The van der Waals surface area contributed by atoms with E-state index in [1.54, 1.807) is 29.2 Å². The standard InChI is InChI=1S/C22H22N6O2/c1-3-18-17(14-25-28(18)19-9-10-20(30-2)27-26-19)22(29)24-13-11-16-7-4-6-15-8-5-12-23-21(15)16/h4-10,12,14H,3,11,13H2,1-2H3,(H,24,29). The van der Waals surface area contributed by atoms with Crippen LogP contribution in [0.1, 0.15) is 28.5 Å². The molecule has 152 valence electrons. The van der Waals surface area contributed by atoms with E-state index in [4.69, 9.17) is 4.74 Å². The van der Waals surface area contributed by atoms with Crippen LogP contribution >= 0.6 is 0 Å². The van der Waals surface area contributed by atoms with Crippen molar-refractivity contribution < 1.29 is 9.53 Å². The summed E-state index contributed by atoms with van der Waals surface area (Å²) in [6.45, 7) is 2.48. The maximum absolute atomic E-state index is 12.8. The summed E-state index contributed by atoms with van der Waals surface area (Å²) in [6, 6.07) is 13.5. The van der Waals surface area contributed by atoms with Gasteiger partial charge in [0.15, 0.2) is 5.82 Å². The lowest BCUT2D eigenvalue weighted by Crippen LogP contribution is -2.26. The van der Waals surface area contributed by atoms with Crippen molar-refractivity contribution in [2.24, 2.45) is 0 Å². The van der Waals surface area contributed by atoms with Crippen LogP contribution in [0.15, 0.2) is 54.9 Å². The topological polar surface area (TPSA) is 94.8 Å². The molecule has 0 bridgehead atoms. The predicted molar refractivity (Wildman–Crippen MR) is 113 cm³/mol. The quantitative estimate of drug-likeness (QED) is 0.511. The second kappa shape index (κ2) is 8.69. The number of para-hydroxylation sites is 1. The summed E-state index contributed by atoms with van der Waals surface area (Å²) in [5, 5.41) is 16.5. The Morgan fingerprint density at radius 2 is 2.00 bits per heavy atom. The van der Waals surface area contributed by atoms with Crippen molar-refractivity contribution in [3.63, 3.8) is 0 Å². The van der Waals surface area contributed by atoms with Crippen LogP contribution in [0.2, 0.25) is 0 Å². The highest BCUT2D eigenvalue weighted by Gasteiger charge is 2.18. The van der Waals surface area contributed by atoms with Crippen LogP contribution in [0.3, 0.4) is 0 Å². The zero-order chi connectivity index (χ0) is 20.9. The van der Waals surface area contributed by atoms with Crippen LogP contribution < -0.4 is 10.1 Å². The Hall–Kier alpha value is -3.81. The third-order valence-electron chi connectivity index (χ3n) is 4.90. The number of rotatable bonds is 7. The SMILES string of the molecule is CCc1c(C(=O)NCCc2cccc3cccnc23)cnn1-c1ccc(OC)nn1. The second-order valence-electron chi connectivity index (χ2n) is 6.70. The predicted octanol–water partition coefficient (Wildman–Crippen LogP) is 2.75. The summed E-state index contributed by atoms with van der Waals surface area (Å²) >= 11 is 0. The smallest absolute Gasteiger partial charge is 0.254 e. The summed E-state index contributed by atoms with van der Waals surface area (Å²) in [7, 11) is 1.53. The first-order valence-electron chi connectivity index (χ1n) is 9.77. The number of benzene rings is 1. The normalized spacial score (nSPS) is 10.9. The van der Waals surface area contributed by atoms with Crippen molar-refractivity contribution in [1.29, 1.82) is 0 Å². The fourth-order valence-electron chi connectivity index (χ4n) is 3.41. The molecule has 3 aromatic heterocycles. The van der Waals surface area contributed by atoms with Crippen molar-refractivity contribution in [2.75, 3.05) is 13.7 Å². The van der Waals surface area contributed by atoms with E-state index in [-0.39, 0.29) is 5.91 Å². The highest BCUT2D eigenvalue weighted by molar-refractivity contribution is 5.95. The van der Waals surface area contributed by atoms with Gasteiger partial charge < -0.3 is 10.1 Å². The van der Waals surface area contributed by atoms with E-state index in [1.165, 1.54) is 7.11 Å². The molecule has 0 unspecified atom stereocenters. The van der Waals surface area contributed by atoms with Gasteiger partial charge in [-0.25, -0.2) is 4.68 Å². The molecule has 1 amide bonds. The number of hydrogen-bond donors (Lipinski definition) is 1. The van der Waals surface area contributed by atoms with Crippen LogP contribution in [-0.2, 0) is 12.8 Å². The summed E-state index contributed by atoms with van der Waals surface area (Å²) in [5.74, 6) is 0.797. The molecule has 8 nitrogen and oxygen atoms in total. The first-order valence-corrected chi connectivity index (χ1v) is 9.77. The Morgan fingerprint density at radius 3 is 2.77 bits per heavy atom. The third-order valence-corrected chi connectivity index (χ3v) is 4.90. The molecule has 4 rings (SSSR count). The largest absolute Gasteiger partial charge is 0.480 e. The molecule has 0 aliphatic rings. The number of hydrogen-bond acceptors (Lipinski definition) is 6. The van der Waals surface area contributed by atoms with Crippen LogP contribution in [0.5, 0.6) is 5.88 Å². The second-order valence-corrected chi connectivity index (χ2v) is 6.70. The van der Waals surface area contributed by atoms with Crippen molar-refractivity contribution in [3.8, 4) is 11.7 Å². The van der Waals surface area contributed by atoms with E-state index < -0.39 is 0 Å². The Bertz CT molecular complexity index is 1160. The maximum atomic E-state index is 12.8. The molecule has 4 aromatic rings. The summed E-state index contributed by atoms with van der Waals surface area (Å²) in [5.41, 5.74) is 3.38. The van der Waals surface area contributed by atoms with Crippen molar-refractivity contribution in [1.82, 2.24) is 30.3 Å². The minimum atomic E-state index is -0.159. The molecular weight excluding hydrogens is 380 g/mol. The van der Waals surface area contributed by atoms with Gasteiger partial charge in [-0.1, -0.05) is 31.2 Å². The number of nitrogens with zero attached hydrogens (tertiary/aromatic N) is 5. The Balaban J connectivity index is 1.47. The Morgan fingerprint density at radius 1 is 1.13 bits per heavy atom. The lowest BCUT2D eigenvalue weighted by molar-refractivity contribution is 0.0953. The van der Waals surface area contributed by atoms with Gasteiger partial charge in [0.25, 0.3) is 5.91 Å². The molecular formula is C22H22N6O2. The molecule has 0 saturated carbocycles. The number of methoxy groups -OCH3 is 1. The summed E-state index contributed by atoms with van der Waals surface area (Å²) in [6.07, 6.45) is 4.68. The molecule has 0 saturated heterocycles. The van der Waals surface area contributed by atoms with Crippen molar-refractivity contribution >= 4 is 16.8 Å². The molecule has 3 heterocycles. The van der Waals surface area contributed by atoms with Crippen molar-refractivity contribution in [2.45, 2.75) is 19.8 Å². The zero-order valence-corrected chi connectivity index (χ0v) is 16.9. The van der Waals surface area contributed by atoms with Gasteiger partial charge in [-0.3, -0.25) is 9.78 Å². The molecule has 30 heavy (non-hydrogen) atoms. The molecule has 0 spiro atoms. The van der Waals surface area contributed by atoms with Gasteiger partial charge in [0.1, 0.15) is 0 Å². The lowest BCUT2D eigenvalue weighted by atomic mass is 10.1. The number of fused-ring (bicyclic) bond motifs is 1. The highest BCUT2D eigenvalue weighted by atomic mass is 16.5. The summed E-state index contributed by atoms with van der Waals surface area (Å²) in [4.78, 5) is 17.3. The van der Waals surface area contributed by atoms with Crippen LogP contribution in [-0.4, -0.2) is 44.5 Å². The van der Waals surface area contributed by atoms with Gasteiger partial charge in [-0.2, -0.15) is 5.10 Å². The fourth-order valence-corrected chi connectivity index (χ4v) is 3.41. The van der Waals surface area contributed by atoms with Gasteiger partial charge in [-0.15, -0.1) is 10.2 Å². The van der Waals surface area contributed by atoms with E-state index in [9.17, 15) is 4.79 Å². The number of amides is 1. The van der Waals surface area contributed by atoms with E-state index >= 15 is 0 Å². The first kappa shape index (κ1) is 19.5. The third kappa shape index (κ3) is 3.84. The average molecular weight is 402 g/mol. The molecule has 0 fully saturated rings. The first-order chi connectivity index (χ1) is 14.7. The number of aromatic nitrogens is 5. The number of carbonyl (C=O) groups is 1. The number of carbonyl (C=O) groups excluding carboxylic acids is 1. The van der Waals surface area contributed by atoms with Gasteiger partial charge in [-0.05, 0) is 30.5 Å². The Labute approximate surface area is 173 Å². The molecule has 1 aromatic carbocycles. The van der Waals surface area contributed by atoms with E-state index in [0.29, 0.717) is 36.6 Å². The molecule has 0 atom stereocenters. The molecule has 0 aliphatic heterocycles. The molecule has 0 radical (unpaired) electrons. The lowest BCUT2D eigenvalue weighted by Gasteiger charge is -2.09. The van der Waals surface area contributed by atoms with E-state index in [1.807, 2.05) is 37.3 Å². The van der Waals surface area contributed by atoms with Crippen LogP contribution in [0.4, 0.5) is 0 Å². The monoisotopic (exact) mass is 402 g/mol. The average Bonchev–Trinajstić information content (AvgIpc) is 3.23. The van der Waals surface area contributed by atoms with Crippen molar-refractivity contribution in [3.05, 3.63) is 71.7 Å². The van der Waals surface area contributed by atoms with Crippen LogP contribution in [0.25, 0.3) is 16.7 Å². The minimum Gasteiger partial charge on any atom is -0.480 e. The fraction of sp³-hybridized carbons (Fsp3) is 0.227. The Kier molecular flexibility index (Phi) is 5.65. The molecule has 1 N–H and O–H groups in total. The summed E-state index contributed by atoms with van der Waals surface area (Å²) < 4.78 is 6.68. The zero-order valence-electron chi connectivity index (χ0n) is 16.9. The van der Waals surface area contributed by atoms with Gasteiger partial charge in [0.05, 0.1) is 30.1 Å². The molecule has 8 heteroatoms. The number of ether oxygens (including phenoxy) is 1. The van der Waals surface area contributed by atoms with Gasteiger partial charge >= 0.3 is 0 Å². The number of nitrogens with one attached hydrogen (secondary N) is 1. The molecule has 0 aliphatic carbocycles. The van der Waals surface area contributed by atoms with E-state index in [0.717, 1.165) is 22.2 Å². The highest BCUT2D eigenvalue weighted by Crippen LogP contribution is 2.17.